The fourth-order valence-electron chi connectivity index (χ4n) is 2.54. The van der Waals surface area contributed by atoms with Gasteiger partial charge in [0.05, 0.1) is 6.04 Å². The van der Waals surface area contributed by atoms with Gasteiger partial charge in [0, 0.05) is 24.0 Å². The second-order valence-electron chi connectivity index (χ2n) is 4.75. The van der Waals surface area contributed by atoms with Gasteiger partial charge in [-0.05, 0) is 29.7 Å². The number of rotatable bonds is 2. The second-order valence-corrected chi connectivity index (χ2v) is 4.75. The predicted molar refractivity (Wildman–Crippen MR) is 72.6 cm³/mol. The molecule has 2 atom stereocenters. The van der Waals surface area contributed by atoms with Crippen molar-refractivity contribution in [2.45, 2.75) is 18.5 Å². The topological polar surface area (TPSA) is 68.0 Å². The van der Waals surface area contributed by atoms with Gasteiger partial charge in [0.25, 0.3) is 5.91 Å². The first-order chi connectivity index (χ1) is 9.25. The highest BCUT2D eigenvalue weighted by Crippen LogP contribution is 2.30. The number of hydrogen-bond donors (Lipinski definition) is 2. The average molecular weight is 253 g/mol. The summed E-state index contributed by atoms with van der Waals surface area (Å²) in [5.74, 6) is -0.112. The third-order valence-electron chi connectivity index (χ3n) is 3.50. The zero-order chi connectivity index (χ0) is 13.2. The molecule has 96 valence electrons. The van der Waals surface area contributed by atoms with E-state index in [4.69, 9.17) is 5.73 Å². The SMILES string of the molecule is NC1Cc2ccccc2C1NC(=O)c1ccncc1. The van der Waals surface area contributed by atoms with E-state index in [1.807, 2.05) is 18.2 Å². The van der Waals surface area contributed by atoms with E-state index in [0.29, 0.717) is 5.56 Å². The molecule has 1 aliphatic carbocycles. The Morgan fingerprint density at radius 2 is 1.95 bits per heavy atom. The number of carbonyl (C=O) groups excluding carboxylic acids is 1. The van der Waals surface area contributed by atoms with Gasteiger partial charge in [-0.2, -0.15) is 0 Å². The standard InChI is InChI=1S/C15H15N3O/c16-13-9-11-3-1-2-4-12(11)14(13)18-15(19)10-5-7-17-8-6-10/h1-8,13-14H,9,16H2,(H,18,19). The van der Waals surface area contributed by atoms with Crippen molar-refractivity contribution in [1.29, 1.82) is 0 Å². The van der Waals surface area contributed by atoms with Gasteiger partial charge in [-0.1, -0.05) is 24.3 Å². The quantitative estimate of drug-likeness (QED) is 0.851. The van der Waals surface area contributed by atoms with Crippen LogP contribution >= 0.6 is 0 Å². The van der Waals surface area contributed by atoms with Crippen molar-refractivity contribution in [3.63, 3.8) is 0 Å². The Kier molecular flexibility index (Phi) is 3.01. The van der Waals surface area contributed by atoms with Crippen LogP contribution in [0.4, 0.5) is 0 Å². The van der Waals surface area contributed by atoms with Crippen molar-refractivity contribution in [3.8, 4) is 0 Å². The van der Waals surface area contributed by atoms with Crippen molar-refractivity contribution in [1.82, 2.24) is 10.3 Å². The van der Waals surface area contributed by atoms with Gasteiger partial charge < -0.3 is 11.1 Å². The summed E-state index contributed by atoms with van der Waals surface area (Å²) in [6, 6.07) is 11.3. The lowest BCUT2D eigenvalue weighted by Crippen LogP contribution is -2.38. The molecule has 1 aromatic carbocycles. The highest BCUT2D eigenvalue weighted by Gasteiger charge is 2.30. The fourth-order valence-corrected chi connectivity index (χ4v) is 2.54. The molecule has 0 fully saturated rings. The molecule has 2 unspecified atom stereocenters. The van der Waals surface area contributed by atoms with Crippen LogP contribution in [0.25, 0.3) is 0 Å². The number of amides is 1. The molecule has 1 heterocycles. The van der Waals surface area contributed by atoms with Crippen molar-refractivity contribution in [2.24, 2.45) is 5.73 Å². The monoisotopic (exact) mass is 253 g/mol. The summed E-state index contributed by atoms with van der Waals surface area (Å²) in [5, 5.41) is 3.01. The predicted octanol–water partition coefficient (Wildman–Crippen LogP) is 1.44. The fraction of sp³-hybridized carbons (Fsp3) is 0.200. The van der Waals surface area contributed by atoms with Gasteiger partial charge in [0.2, 0.25) is 0 Å². The molecular formula is C15H15N3O. The molecule has 0 bridgehead atoms. The molecule has 3 N–H and O–H groups in total. The average Bonchev–Trinajstić information content (AvgIpc) is 2.76. The molecule has 1 aromatic heterocycles. The summed E-state index contributed by atoms with van der Waals surface area (Å²) < 4.78 is 0. The first kappa shape index (κ1) is 11.9. The molecule has 1 aliphatic rings. The lowest BCUT2D eigenvalue weighted by atomic mass is 10.1. The molecule has 4 heteroatoms. The van der Waals surface area contributed by atoms with Crippen LogP contribution in [0, 0.1) is 0 Å². The zero-order valence-corrected chi connectivity index (χ0v) is 10.4. The van der Waals surface area contributed by atoms with E-state index in [0.717, 1.165) is 12.0 Å². The minimum absolute atomic E-state index is 0.0665. The van der Waals surface area contributed by atoms with Gasteiger partial charge in [0.15, 0.2) is 0 Å². The summed E-state index contributed by atoms with van der Waals surface area (Å²) in [6.45, 7) is 0. The van der Waals surface area contributed by atoms with Gasteiger partial charge in [-0.25, -0.2) is 0 Å². The van der Waals surface area contributed by atoms with Crippen LogP contribution < -0.4 is 11.1 Å². The van der Waals surface area contributed by atoms with Crippen molar-refractivity contribution in [2.75, 3.05) is 0 Å². The molecule has 0 saturated carbocycles. The zero-order valence-electron chi connectivity index (χ0n) is 10.4. The summed E-state index contributed by atoms with van der Waals surface area (Å²) in [4.78, 5) is 16.1. The van der Waals surface area contributed by atoms with E-state index in [2.05, 4.69) is 16.4 Å². The number of nitrogens with one attached hydrogen (secondary N) is 1. The lowest BCUT2D eigenvalue weighted by Gasteiger charge is -2.18. The van der Waals surface area contributed by atoms with E-state index in [1.165, 1.54) is 5.56 Å². The maximum absolute atomic E-state index is 12.2. The van der Waals surface area contributed by atoms with Gasteiger partial charge in [-0.3, -0.25) is 9.78 Å². The highest BCUT2D eigenvalue weighted by molar-refractivity contribution is 5.94. The third kappa shape index (κ3) is 2.22. The van der Waals surface area contributed by atoms with Crippen molar-refractivity contribution >= 4 is 5.91 Å². The van der Waals surface area contributed by atoms with Crippen LogP contribution in [0.15, 0.2) is 48.8 Å². The Balaban J connectivity index is 1.82. The minimum atomic E-state index is -0.114. The molecule has 0 aliphatic heterocycles. The number of carbonyl (C=O) groups is 1. The summed E-state index contributed by atoms with van der Waals surface area (Å²) in [6.07, 6.45) is 4.02. The van der Waals surface area contributed by atoms with Gasteiger partial charge in [0.1, 0.15) is 0 Å². The number of nitrogens with zero attached hydrogens (tertiary/aromatic N) is 1. The maximum Gasteiger partial charge on any atom is 0.251 e. The minimum Gasteiger partial charge on any atom is -0.344 e. The number of nitrogens with two attached hydrogens (primary N) is 1. The third-order valence-corrected chi connectivity index (χ3v) is 3.50. The van der Waals surface area contributed by atoms with Crippen LogP contribution in [-0.4, -0.2) is 16.9 Å². The number of fused-ring (bicyclic) bond motifs is 1. The number of hydrogen-bond acceptors (Lipinski definition) is 3. The molecule has 4 nitrogen and oxygen atoms in total. The molecule has 3 rings (SSSR count). The summed E-state index contributed by atoms with van der Waals surface area (Å²) >= 11 is 0. The van der Waals surface area contributed by atoms with E-state index >= 15 is 0 Å². The molecule has 1 amide bonds. The van der Waals surface area contributed by atoms with E-state index < -0.39 is 0 Å². The summed E-state index contributed by atoms with van der Waals surface area (Å²) in [7, 11) is 0. The Morgan fingerprint density at radius 1 is 1.21 bits per heavy atom. The van der Waals surface area contributed by atoms with Crippen LogP contribution in [0.5, 0.6) is 0 Å². The van der Waals surface area contributed by atoms with E-state index in [9.17, 15) is 4.79 Å². The maximum atomic E-state index is 12.2. The van der Waals surface area contributed by atoms with Crippen LogP contribution in [-0.2, 0) is 6.42 Å². The Bertz CT molecular complexity index is 597. The Labute approximate surface area is 111 Å². The Morgan fingerprint density at radius 3 is 2.74 bits per heavy atom. The largest absolute Gasteiger partial charge is 0.344 e. The van der Waals surface area contributed by atoms with E-state index in [-0.39, 0.29) is 18.0 Å². The van der Waals surface area contributed by atoms with Crippen LogP contribution in [0.2, 0.25) is 0 Å². The molecule has 0 saturated heterocycles. The number of pyridine rings is 1. The molecule has 2 aromatic rings. The van der Waals surface area contributed by atoms with Crippen molar-refractivity contribution < 1.29 is 4.79 Å². The molecule has 19 heavy (non-hydrogen) atoms. The lowest BCUT2D eigenvalue weighted by molar-refractivity contribution is 0.0933. The van der Waals surface area contributed by atoms with Gasteiger partial charge in [-0.15, -0.1) is 0 Å². The number of benzene rings is 1. The first-order valence-corrected chi connectivity index (χ1v) is 6.30. The van der Waals surface area contributed by atoms with Crippen molar-refractivity contribution in [3.05, 3.63) is 65.5 Å². The molecule has 0 spiro atoms. The van der Waals surface area contributed by atoms with Crippen LogP contribution in [0.3, 0.4) is 0 Å². The van der Waals surface area contributed by atoms with Crippen LogP contribution in [0.1, 0.15) is 27.5 Å². The first-order valence-electron chi connectivity index (χ1n) is 6.30. The van der Waals surface area contributed by atoms with Gasteiger partial charge >= 0.3 is 0 Å². The molecule has 0 radical (unpaired) electrons. The smallest absolute Gasteiger partial charge is 0.251 e. The number of aromatic nitrogens is 1. The second kappa shape index (κ2) is 4.82. The summed E-state index contributed by atoms with van der Waals surface area (Å²) in [5.41, 5.74) is 9.07. The van der Waals surface area contributed by atoms with E-state index in [1.54, 1.807) is 24.5 Å². The highest BCUT2D eigenvalue weighted by atomic mass is 16.1. The normalized spacial score (nSPS) is 20.9. The Hall–Kier alpha value is -2.20. The molecular weight excluding hydrogens is 238 g/mol.